The number of hydrogen-bond acceptors (Lipinski definition) is 3. The van der Waals surface area contributed by atoms with Crippen LogP contribution in [0.2, 0.25) is 0 Å². The molecule has 1 aromatic rings. The number of aliphatic hydroxyl groups excluding tert-OH is 1. The van der Waals surface area contributed by atoms with E-state index in [0.29, 0.717) is 13.0 Å². The normalized spacial score (nSPS) is 20.6. The molecular formula is C21H34N2O2. The lowest BCUT2D eigenvalue weighted by Gasteiger charge is -2.40. The molecule has 25 heavy (non-hydrogen) atoms. The number of carbonyl (C=O) groups excluding carboxylic acids is 1. The molecule has 4 nitrogen and oxygen atoms in total. The van der Waals surface area contributed by atoms with E-state index in [1.165, 1.54) is 11.1 Å². The van der Waals surface area contributed by atoms with Crippen molar-refractivity contribution in [1.82, 2.24) is 9.80 Å². The number of carbonyl (C=O) groups is 1. The minimum atomic E-state index is -0.314. The van der Waals surface area contributed by atoms with Gasteiger partial charge in [0.1, 0.15) is 0 Å². The second kappa shape index (κ2) is 8.33. The molecule has 1 saturated heterocycles. The van der Waals surface area contributed by atoms with Gasteiger partial charge in [0.05, 0.1) is 6.10 Å². The number of aliphatic hydroxyl groups is 1. The minimum absolute atomic E-state index is 0.162. The van der Waals surface area contributed by atoms with Crippen molar-refractivity contribution >= 4 is 5.91 Å². The van der Waals surface area contributed by atoms with Gasteiger partial charge in [0.25, 0.3) is 0 Å². The maximum atomic E-state index is 12.6. The fourth-order valence-corrected chi connectivity index (χ4v) is 3.51. The lowest BCUT2D eigenvalue weighted by Crippen LogP contribution is -2.55. The Morgan fingerprint density at radius 2 is 1.88 bits per heavy atom. The standard InChI is InChI=1S/C21H34N2O2/c1-16-14-22(15-17(2)24)12-13-23(16)20(25)11-8-18-6-9-19(10-7-18)21(3,4)5/h6-7,9-10,16-17,24H,8,11-15H2,1-5H3. The molecule has 0 aliphatic carbocycles. The predicted octanol–water partition coefficient (Wildman–Crippen LogP) is 2.83. The van der Waals surface area contributed by atoms with Crippen LogP contribution in [0.4, 0.5) is 0 Å². The van der Waals surface area contributed by atoms with Gasteiger partial charge in [0.15, 0.2) is 0 Å². The van der Waals surface area contributed by atoms with Crippen molar-refractivity contribution in [3.63, 3.8) is 0 Å². The van der Waals surface area contributed by atoms with E-state index in [1.807, 2.05) is 11.8 Å². The van der Waals surface area contributed by atoms with Crippen LogP contribution in [0.15, 0.2) is 24.3 Å². The van der Waals surface area contributed by atoms with E-state index in [0.717, 1.165) is 26.1 Å². The maximum Gasteiger partial charge on any atom is 0.223 e. The SMILES string of the molecule is CC(O)CN1CCN(C(=O)CCc2ccc(C(C)(C)C)cc2)C(C)C1. The highest BCUT2D eigenvalue weighted by molar-refractivity contribution is 5.77. The molecule has 2 atom stereocenters. The largest absolute Gasteiger partial charge is 0.392 e. The Kier molecular flexibility index (Phi) is 6.64. The molecule has 2 unspecified atom stereocenters. The highest BCUT2D eigenvalue weighted by Gasteiger charge is 2.27. The highest BCUT2D eigenvalue weighted by Crippen LogP contribution is 2.22. The molecule has 0 bridgehead atoms. The summed E-state index contributed by atoms with van der Waals surface area (Å²) >= 11 is 0. The maximum absolute atomic E-state index is 12.6. The molecule has 1 aromatic carbocycles. The Balaban J connectivity index is 1.84. The first-order valence-electron chi connectivity index (χ1n) is 9.46. The van der Waals surface area contributed by atoms with Gasteiger partial charge in [0, 0.05) is 38.6 Å². The average molecular weight is 347 g/mol. The number of rotatable bonds is 5. The Bertz CT molecular complexity index is 560. The van der Waals surface area contributed by atoms with Crippen LogP contribution in [0.25, 0.3) is 0 Å². The van der Waals surface area contributed by atoms with Crippen molar-refractivity contribution < 1.29 is 9.90 Å². The number of nitrogens with zero attached hydrogens (tertiary/aromatic N) is 2. The minimum Gasteiger partial charge on any atom is -0.392 e. The summed E-state index contributed by atoms with van der Waals surface area (Å²) in [5.74, 6) is 0.240. The summed E-state index contributed by atoms with van der Waals surface area (Å²) in [7, 11) is 0. The summed E-state index contributed by atoms with van der Waals surface area (Å²) in [5.41, 5.74) is 2.71. The van der Waals surface area contributed by atoms with Crippen molar-refractivity contribution in [1.29, 1.82) is 0 Å². The van der Waals surface area contributed by atoms with Crippen LogP contribution >= 0.6 is 0 Å². The summed E-state index contributed by atoms with van der Waals surface area (Å²) in [5, 5.41) is 9.52. The van der Waals surface area contributed by atoms with Crippen LogP contribution in [0.5, 0.6) is 0 Å². The van der Waals surface area contributed by atoms with Gasteiger partial charge in [-0.05, 0) is 36.8 Å². The van der Waals surface area contributed by atoms with E-state index >= 15 is 0 Å². The van der Waals surface area contributed by atoms with Crippen molar-refractivity contribution in [2.45, 2.75) is 65.0 Å². The molecule has 1 heterocycles. The number of benzene rings is 1. The van der Waals surface area contributed by atoms with E-state index in [2.05, 4.69) is 56.9 Å². The van der Waals surface area contributed by atoms with Gasteiger partial charge in [-0.25, -0.2) is 0 Å². The second-order valence-corrected chi connectivity index (χ2v) is 8.49. The molecule has 140 valence electrons. The van der Waals surface area contributed by atoms with E-state index in [-0.39, 0.29) is 23.5 Å². The zero-order valence-corrected chi connectivity index (χ0v) is 16.5. The Labute approximate surface area is 152 Å². The summed E-state index contributed by atoms with van der Waals surface area (Å²) in [6.45, 7) is 13.7. The van der Waals surface area contributed by atoms with Crippen LogP contribution in [0.1, 0.15) is 52.2 Å². The van der Waals surface area contributed by atoms with Crippen molar-refractivity contribution in [2.75, 3.05) is 26.2 Å². The van der Waals surface area contributed by atoms with Gasteiger partial charge in [-0.15, -0.1) is 0 Å². The summed E-state index contributed by atoms with van der Waals surface area (Å²) in [6, 6.07) is 8.87. The fraction of sp³-hybridized carbons (Fsp3) is 0.667. The van der Waals surface area contributed by atoms with E-state index in [9.17, 15) is 9.90 Å². The zero-order chi connectivity index (χ0) is 18.6. The van der Waals surface area contributed by atoms with Crippen LogP contribution < -0.4 is 0 Å². The highest BCUT2D eigenvalue weighted by atomic mass is 16.3. The first-order chi connectivity index (χ1) is 11.7. The number of piperazine rings is 1. The summed E-state index contributed by atoms with van der Waals surface area (Å²) < 4.78 is 0. The average Bonchev–Trinajstić information content (AvgIpc) is 2.51. The molecule has 0 spiro atoms. The van der Waals surface area contributed by atoms with Crippen LogP contribution in [-0.2, 0) is 16.6 Å². The molecule has 1 N–H and O–H groups in total. The zero-order valence-electron chi connectivity index (χ0n) is 16.5. The van der Waals surface area contributed by atoms with Gasteiger partial charge in [-0.2, -0.15) is 0 Å². The molecule has 1 aliphatic heterocycles. The van der Waals surface area contributed by atoms with Crippen LogP contribution in [0, 0.1) is 0 Å². The summed E-state index contributed by atoms with van der Waals surface area (Å²) in [6.07, 6.45) is 1.05. The van der Waals surface area contributed by atoms with Crippen molar-refractivity contribution in [2.24, 2.45) is 0 Å². The molecule has 1 fully saturated rings. The smallest absolute Gasteiger partial charge is 0.223 e. The van der Waals surface area contributed by atoms with Gasteiger partial charge < -0.3 is 10.0 Å². The molecular weight excluding hydrogens is 312 g/mol. The molecule has 1 aliphatic rings. The number of aryl methyl sites for hydroxylation is 1. The number of hydrogen-bond donors (Lipinski definition) is 1. The Morgan fingerprint density at radius 3 is 2.40 bits per heavy atom. The van der Waals surface area contributed by atoms with E-state index in [4.69, 9.17) is 0 Å². The molecule has 0 radical (unpaired) electrons. The van der Waals surface area contributed by atoms with E-state index < -0.39 is 0 Å². The third kappa shape index (κ3) is 5.82. The van der Waals surface area contributed by atoms with Crippen LogP contribution in [0.3, 0.4) is 0 Å². The Hall–Kier alpha value is -1.39. The third-order valence-electron chi connectivity index (χ3n) is 5.00. The van der Waals surface area contributed by atoms with Gasteiger partial charge in [-0.3, -0.25) is 9.69 Å². The number of amides is 1. The second-order valence-electron chi connectivity index (χ2n) is 8.49. The topological polar surface area (TPSA) is 43.8 Å². The quantitative estimate of drug-likeness (QED) is 0.892. The molecule has 1 amide bonds. The fourth-order valence-electron chi connectivity index (χ4n) is 3.51. The lowest BCUT2D eigenvalue weighted by molar-refractivity contribution is -0.135. The molecule has 0 saturated carbocycles. The summed E-state index contributed by atoms with van der Waals surface area (Å²) in [4.78, 5) is 16.8. The van der Waals surface area contributed by atoms with Crippen molar-refractivity contribution in [3.05, 3.63) is 35.4 Å². The Morgan fingerprint density at radius 1 is 1.24 bits per heavy atom. The number of β-amino-alcohol motifs (C(OH)–C–C–N with tert-alkyl or cyclic N) is 1. The predicted molar refractivity (Wildman–Crippen MR) is 103 cm³/mol. The van der Waals surface area contributed by atoms with Crippen LogP contribution in [-0.4, -0.2) is 59.1 Å². The van der Waals surface area contributed by atoms with Gasteiger partial charge in [-0.1, -0.05) is 45.0 Å². The monoisotopic (exact) mass is 346 g/mol. The first-order valence-corrected chi connectivity index (χ1v) is 9.46. The molecule has 2 rings (SSSR count). The van der Waals surface area contributed by atoms with Gasteiger partial charge >= 0.3 is 0 Å². The first kappa shape index (κ1) is 19.9. The lowest BCUT2D eigenvalue weighted by atomic mass is 9.86. The third-order valence-corrected chi connectivity index (χ3v) is 5.00. The van der Waals surface area contributed by atoms with Gasteiger partial charge in [0.2, 0.25) is 5.91 Å². The molecule has 0 aromatic heterocycles. The molecule has 4 heteroatoms. The van der Waals surface area contributed by atoms with Crippen molar-refractivity contribution in [3.8, 4) is 0 Å². The van der Waals surface area contributed by atoms with E-state index in [1.54, 1.807) is 0 Å².